The van der Waals surface area contributed by atoms with Gasteiger partial charge in [0.25, 0.3) is 0 Å². The van der Waals surface area contributed by atoms with Gasteiger partial charge in [-0.1, -0.05) is 12.8 Å². The van der Waals surface area contributed by atoms with Crippen LogP contribution < -0.4 is 5.32 Å². The van der Waals surface area contributed by atoms with Gasteiger partial charge in [-0.3, -0.25) is 0 Å². The normalized spacial score (nSPS) is 26.2. The number of amides is 2. The summed E-state index contributed by atoms with van der Waals surface area (Å²) in [5, 5.41) is 2.83. The standard InChI is InChI=1S/C8H14N2O/c11-8-9-5-6-10(8)7-3-1-2-4-7/h7H,1-6H2,(H,9,11). The second-order valence-electron chi connectivity index (χ2n) is 3.36. The molecular weight excluding hydrogens is 140 g/mol. The molecule has 2 fully saturated rings. The minimum absolute atomic E-state index is 0.150. The Morgan fingerprint density at radius 3 is 2.64 bits per heavy atom. The monoisotopic (exact) mass is 154 g/mol. The maximum absolute atomic E-state index is 11.2. The molecule has 0 unspecified atom stereocenters. The molecule has 0 radical (unpaired) electrons. The fourth-order valence-electron chi connectivity index (χ4n) is 2.05. The summed E-state index contributed by atoms with van der Waals surface area (Å²) in [6.45, 7) is 1.76. The van der Waals surface area contributed by atoms with E-state index in [1.807, 2.05) is 4.90 Å². The van der Waals surface area contributed by atoms with Crippen LogP contribution in [0.3, 0.4) is 0 Å². The highest BCUT2D eigenvalue weighted by Gasteiger charge is 2.29. The number of hydrogen-bond donors (Lipinski definition) is 1. The van der Waals surface area contributed by atoms with E-state index in [1.54, 1.807) is 0 Å². The van der Waals surface area contributed by atoms with E-state index in [1.165, 1.54) is 25.7 Å². The number of nitrogens with zero attached hydrogens (tertiary/aromatic N) is 1. The molecule has 0 spiro atoms. The third-order valence-corrected chi connectivity index (χ3v) is 2.66. The van der Waals surface area contributed by atoms with Crippen LogP contribution in [-0.2, 0) is 0 Å². The first-order valence-electron chi connectivity index (χ1n) is 4.42. The molecular formula is C8H14N2O. The van der Waals surface area contributed by atoms with Crippen molar-refractivity contribution in [2.24, 2.45) is 0 Å². The van der Waals surface area contributed by atoms with Crippen LogP contribution in [0.1, 0.15) is 25.7 Å². The van der Waals surface area contributed by atoms with Crippen molar-refractivity contribution < 1.29 is 4.79 Å². The Morgan fingerprint density at radius 1 is 1.36 bits per heavy atom. The molecule has 3 heteroatoms. The van der Waals surface area contributed by atoms with Gasteiger partial charge in [0.1, 0.15) is 0 Å². The van der Waals surface area contributed by atoms with Gasteiger partial charge in [0, 0.05) is 19.1 Å². The van der Waals surface area contributed by atoms with Gasteiger partial charge in [0.2, 0.25) is 0 Å². The quantitative estimate of drug-likeness (QED) is 0.599. The summed E-state index contributed by atoms with van der Waals surface area (Å²) >= 11 is 0. The number of hydrogen-bond acceptors (Lipinski definition) is 1. The third kappa shape index (κ3) is 1.19. The molecule has 1 saturated carbocycles. The van der Waals surface area contributed by atoms with Crippen LogP contribution in [0.4, 0.5) is 4.79 Å². The van der Waals surface area contributed by atoms with Gasteiger partial charge in [-0.15, -0.1) is 0 Å². The van der Waals surface area contributed by atoms with Crippen molar-refractivity contribution in [3.63, 3.8) is 0 Å². The first-order chi connectivity index (χ1) is 5.38. The summed E-state index contributed by atoms with van der Waals surface area (Å²) in [7, 11) is 0. The molecule has 0 aromatic rings. The summed E-state index contributed by atoms with van der Waals surface area (Å²) < 4.78 is 0. The lowest BCUT2D eigenvalue weighted by Gasteiger charge is -2.21. The molecule has 1 aliphatic carbocycles. The predicted octanol–water partition coefficient (Wildman–Crippen LogP) is 0.954. The molecule has 1 saturated heterocycles. The maximum atomic E-state index is 11.2. The van der Waals surface area contributed by atoms with Crippen LogP contribution in [0, 0.1) is 0 Å². The van der Waals surface area contributed by atoms with Crippen LogP contribution >= 0.6 is 0 Å². The highest BCUT2D eigenvalue weighted by molar-refractivity contribution is 5.76. The molecule has 11 heavy (non-hydrogen) atoms. The molecule has 3 nitrogen and oxygen atoms in total. The van der Waals surface area contributed by atoms with Gasteiger partial charge in [-0.2, -0.15) is 0 Å². The molecule has 1 heterocycles. The van der Waals surface area contributed by atoms with Crippen molar-refractivity contribution in [1.29, 1.82) is 0 Å². The molecule has 1 aliphatic heterocycles. The van der Waals surface area contributed by atoms with Crippen LogP contribution in [0.2, 0.25) is 0 Å². The summed E-state index contributed by atoms with van der Waals surface area (Å²) in [6, 6.07) is 0.703. The Bertz CT molecular complexity index is 163. The average molecular weight is 154 g/mol. The zero-order chi connectivity index (χ0) is 7.68. The zero-order valence-electron chi connectivity index (χ0n) is 6.68. The first-order valence-corrected chi connectivity index (χ1v) is 4.42. The number of rotatable bonds is 1. The molecule has 2 aliphatic rings. The summed E-state index contributed by atoms with van der Waals surface area (Å²) in [5.41, 5.74) is 0. The summed E-state index contributed by atoms with van der Waals surface area (Å²) in [6.07, 6.45) is 5.03. The van der Waals surface area contributed by atoms with Gasteiger partial charge in [0.05, 0.1) is 0 Å². The van der Waals surface area contributed by atoms with Crippen LogP contribution in [0.15, 0.2) is 0 Å². The summed E-state index contributed by atoms with van der Waals surface area (Å²) in [4.78, 5) is 13.2. The van der Waals surface area contributed by atoms with E-state index < -0.39 is 0 Å². The fraction of sp³-hybridized carbons (Fsp3) is 0.875. The Kier molecular flexibility index (Phi) is 1.72. The van der Waals surface area contributed by atoms with Crippen molar-refractivity contribution in [2.75, 3.05) is 13.1 Å². The van der Waals surface area contributed by atoms with Gasteiger partial charge in [-0.05, 0) is 12.8 Å². The first kappa shape index (κ1) is 6.95. The van der Waals surface area contributed by atoms with Gasteiger partial charge >= 0.3 is 6.03 Å². The Hall–Kier alpha value is -0.730. The van der Waals surface area contributed by atoms with E-state index in [2.05, 4.69) is 5.32 Å². The topological polar surface area (TPSA) is 32.3 Å². The highest BCUT2D eigenvalue weighted by atomic mass is 16.2. The Balaban J connectivity index is 1.97. The van der Waals surface area contributed by atoms with Gasteiger partial charge in [-0.25, -0.2) is 4.79 Å². The van der Waals surface area contributed by atoms with Gasteiger partial charge in [0.15, 0.2) is 0 Å². The van der Waals surface area contributed by atoms with E-state index in [9.17, 15) is 4.79 Å². The van der Waals surface area contributed by atoms with Crippen molar-refractivity contribution in [3.8, 4) is 0 Å². The minimum atomic E-state index is 0.150. The lowest BCUT2D eigenvalue weighted by Crippen LogP contribution is -2.36. The molecule has 2 rings (SSSR count). The SMILES string of the molecule is O=C1NCCN1C1CCCC1. The summed E-state index contributed by atoms with van der Waals surface area (Å²) in [5.74, 6) is 0. The van der Waals surface area contributed by atoms with E-state index in [-0.39, 0.29) is 6.03 Å². The third-order valence-electron chi connectivity index (χ3n) is 2.66. The Labute approximate surface area is 66.8 Å². The number of urea groups is 1. The average Bonchev–Trinajstić information content (AvgIpc) is 2.55. The smallest absolute Gasteiger partial charge is 0.317 e. The number of nitrogens with one attached hydrogen (secondary N) is 1. The molecule has 0 atom stereocenters. The number of carbonyl (C=O) groups excluding carboxylic acids is 1. The van der Waals surface area contributed by atoms with Crippen LogP contribution in [0.5, 0.6) is 0 Å². The number of carbonyl (C=O) groups is 1. The molecule has 0 bridgehead atoms. The van der Waals surface area contributed by atoms with Crippen LogP contribution in [-0.4, -0.2) is 30.1 Å². The Morgan fingerprint density at radius 2 is 2.09 bits per heavy atom. The second-order valence-corrected chi connectivity index (χ2v) is 3.36. The van der Waals surface area contributed by atoms with E-state index in [4.69, 9.17) is 0 Å². The predicted molar refractivity (Wildman–Crippen MR) is 42.4 cm³/mol. The largest absolute Gasteiger partial charge is 0.336 e. The zero-order valence-corrected chi connectivity index (χ0v) is 6.68. The van der Waals surface area contributed by atoms with Crippen molar-refractivity contribution in [1.82, 2.24) is 10.2 Å². The van der Waals surface area contributed by atoms with Crippen molar-refractivity contribution >= 4 is 6.03 Å². The van der Waals surface area contributed by atoms with E-state index in [0.717, 1.165) is 13.1 Å². The lowest BCUT2D eigenvalue weighted by atomic mass is 10.2. The highest BCUT2D eigenvalue weighted by Crippen LogP contribution is 2.24. The lowest BCUT2D eigenvalue weighted by molar-refractivity contribution is 0.199. The van der Waals surface area contributed by atoms with E-state index in [0.29, 0.717) is 6.04 Å². The van der Waals surface area contributed by atoms with Crippen LogP contribution in [0.25, 0.3) is 0 Å². The van der Waals surface area contributed by atoms with E-state index >= 15 is 0 Å². The molecule has 2 amide bonds. The molecule has 62 valence electrons. The van der Waals surface area contributed by atoms with Crippen molar-refractivity contribution in [3.05, 3.63) is 0 Å². The van der Waals surface area contributed by atoms with Gasteiger partial charge < -0.3 is 10.2 Å². The molecule has 0 aromatic carbocycles. The minimum Gasteiger partial charge on any atom is -0.336 e. The molecule has 0 aromatic heterocycles. The fourth-order valence-corrected chi connectivity index (χ4v) is 2.05. The molecule has 1 N–H and O–H groups in total. The maximum Gasteiger partial charge on any atom is 0.317 e. The second kappa shape index (κ2) is 2.72. The van der Waals surface area contributed by atoms with Crippen molar-refractivity contribution in [2.45, 2.75) is 31.7 Å².